The Kier molecular flexibility index (Phi) is 9.47. The van der Waals surface area contributed by atoms with E-state index in [2.05, 4.69) is 33.3 Å². The molecule has 2 fully saturated rings. The van der Waals surface area contributed by atoms with Crippen LogP contribution in [0, 0.1) is 11.8 Å². The Hall–Kier alpha value is -1.08. The molecule has 3 heterocycles. The molecular weight excluding hydrogens is 427 g/mol. The van der Waals surface area contributed by atoms with E-state index < -0.39 is 0 Å². The van der Waals surface area contributed by atoms with Crippen molar-refractivity contribution in [3.05, 3.63) is 24.3 Å². The molecule has 1 aromatic carbocycles. The van der Waals surface area contributed by atoms with Gasteiger partial charge in [0.1, 0.15) is 0 Å². The molecule has 29 heavy (non-hydrogen) atoms. The third kappa shape index (κ3) is 5.75. The Morgan fingerprint density at radius 1 is 1.10 bits per heavy atom. The van der Waals surface area contributed by atoms with Crippen molar-refractivity contribution in [1.29, 1.82) is 0 Å². The van der Waals surface area contributed by atoms with Gasteiger partial charge in [-0.3, -0.25) is 4.79 Å². The van der Waals surface area contributed by atoms with Crippen molar-refractivity contribution in [1.82, 2.24) is 15.2 Å². The van der Waals surface area contributed by atoms with Crippen molar-refractivity contribution in [2.24, 2.45) is 11.8 Å². The lowest BCUT2D eigenvalue weighted by atomic mass is 9.90. The number of hydrogen-bond acceptors (Lipinski definition) is 5. The fourth-order valence-electron chi connectivity index (χ4n) is 4.36. The summed E-state index contributed by atoms with van der Waals surface area (Å²) in [7, 11) is 2.01. The van der Waals surface area contributed by atoms with E-state index in [-0.39, 0.29) is 30.7 Å². The summed E-state index contributed by atoms with van der Waals surface area (Å²) in [6.45, 7) is 4.86. The molecule has 0 spiro atoms. The Morgan fingerprint density at radius 2 is 1.79 bits per heavy atom. The third-order valence-electron chi connectivity index (χ3n) is 6.13. The Bertz CT molecular complexity index is 738. The van der Waals surface area contributed by atoms with Crippen LogP contribution in [0.3, 0.4) is 0 Å². The molecule has 2 saturated heterocycles. The van der Waals surface area contributed by atoms with Crippen molar-refractivity contribution >= 4 is 57.4 Å². The summed E-state index contributed by atoms with van der Waals surface area (Å²) in [6.07, 6.45) is 5.47. The standard InChI is InChI=1S/C21H30N4OS.2ClH/c1-22-11-6-16-7-12-24(13-8-16)20(26)17-9-14-25(15-10-17)21-23-18-4-2-3-5-19(18)27-21;;/h2-5,16-17,22H,6-15H2,1H3;2*1H. The monoisotopic (exact) mass is 458 g/mol. The highest BCUT2D eigenvalue weighted by molar-refractivity contribution is 7.22. The number of para-hydroxylation sites is 1. The summed E-state index contributed by atoms with van der Waals surface area (Å²) in [4.78, 5) is 22.2. The van der Waals surface area contributed by atoms with Gasteiger partial charge in [-0.15, -0.1) is 24.8 Å². The molecule has 0 bridgehead atoms. The minimum atomic E-state index is 0. The van der Waals surface area contributed by atoms with Gasteiger partial charge >= 0.3 is 0 Å². The van der Waals surface area contributed by atoms with Crippen molar-refractivity contribution in [3.63, 3.8) is 0 Å². The first kappa shape index (κ1) is 24.2. The van der Waals surface area contributed by atoms with E-state index >= 15 is 0 Å². The number of carbonyl (C=O) groups is 1. The number of anilines is 1. The number of carbonyl (C=O) groups excluding carboxylic acids is 1. The van der Waals surface area contributed by atoms with Gasteiger partial charge in [0, 0.05) is 32.1 Å². The lowest BCUT2D eigenvalue weighted by molar-refractivity contribution is -0.137. The van der Waals surface area contributed by atoms with E-state index in [1.165, 1.54) is 11.1 Å². The second kappa shape index (κ2) is 11.3. The van der Waals surface area contributed by atoms with Gasteiger partial charge in [-0.25, -0.2) is 4.98 Å². The topological polar surface area (TPSA) is 48.5 Å². The second-order valence-electron chi connectivity index (χ2n) is 7.89. The molecule has 2 aliphatic rings. The van der Waals surface area contributed by atoms with Crippen LogP contribution in [0.1, 0.15) is 32.1 Å². The Labute approximate surface area is 190 Å². The molecule has 162 valence electrons. The molecule has 0 radical (unpaired) electrons. The van der Waals surface area contributed by atoms with Crippen molar-refractivity contribution in [3.8, 4) is 0 Å². The summed E-state index contributed by atoms with van der Waals surface area (Å²) in [5.41, 5.74) is 1.08. The van der Waals surface area contributed by atoms with Gasteiger partial charge in [0.25, 0.3) is 0 Å². The highest BCUT2D eigenvalue weighted by Gasteiger charge is 2.31. The number of halogens is 2. The molecule has 4 rings (SSSR count). The van der Waals surface area contributed by atoms with Crippen molar-refractivity contribution in [2.75, 3.05) is 44.7 Å². The van der Waals surface area contributed by atoms with Crippen molar-refractivity contribution < 1.29 is 4.79 Å². The van der Waals surface area contributed by atoms with Gasteiger partial charge in [0.05, 0.1) is 10.2 Å². The van der Waals surface area contributed by atoms with Crippen LogP contribution in [-0.4, -0.2) is 55.6 Å². The highest BCUT2D eigenvalue weighted by atomic mass is 35.5. The van der Waals surface area contributed by atoms with Gasteiger partial charge in [-0.2, -0.15) is 0 Å². The fourth-order valence-corrected chi connectivity index (χ4v) is 5.38. The Morgan fingerprint density at radius 3 is 2.45 bits per heavy atom. The largest absolute Gasteiger partial charge is 0.348 e. The molecule has 1 aromatic heterocycles. The molecule has 2 aliphatic heterocycles. The predicted octanol–water partition coefficient (Wildman–Crippen LogP) is 4.20. The number of thiazole rings is 1. The van der Waals surface area contributed by atoms with Crippen LogP contribution in [0.5, 0.6) is 0 Å². The van der Waals surface area contributed by atoms with Crippen LogP contribution in [0.15, 0.2) is 24.3 Å². The molecule has 2 aromatic rings. The quantitative estimate of drug-likeness (QED) is 0.728. The maximum absolute atomic E-state index is 12.9. The van der Waals surface area contributed by atoms with E-state index in [9.17, 15) is 4.79 Å². The maximum atomic E-state index is 12.9. The Balaban J connectivity index is 0.00000150. The number of likely N-dealkylation sites (tertiary alicyclic amines) is 1. The number of amides is 1. The molecule has 0 aliphatic carbocycles. The first-order chi connectivity index (χ1) is 13.2. The molecule has 5 nitrogen and oxygen atoms in total. The number of aromatic nitrogens is 1. The summed E-state index contributed by atoms with van der Waals surface area (Å²) >= 11 is 1.76. The number of piperidine rings is 2. The van der Waals surface area contributed by atoms with Crippen LogP contribution in [0.25, 0.3) is 10.2 Å². The third-order valence-corrected chi connectivity index (χ3v) is 7.22. The molecule has 0 unspecified atom stereocenters. The number of benzene rings is 1. The fraction of sp³-hybridized carbons (Fsp3) is 0.619. The van der Waals surface area contributed by atoms with E-state index in [0.717, 1.165) is 75.0 Å². The van der Waals surface area contributed by atoms with Crippen LogP contribution >= 0.6 is 36.2 Å². The predicted molar refractivity (Wildman–Crippen MR) is 127 cm³/mol. The van der Waals surface area contributed by atoms with E-state index in [0.29, 0.717) is 5.91 Å². The average molecular weight is 459 g/mol. The molecule has 0 saturated carbocycles. The summed E-state index contributed by atoms with van der Waals surface area (Å²) in [5, 5.41) is 4.34. The average Bonchev–Trinajstić information content (AvgIpc) is 3.16. The van der Waals surface area contributed by atoms with Crippen LogP contribution in [0.4, 0.5) is 5.13 Å². The number of rotatable bonds is 5. The van der Waals surface area contributed by atoms with Gasteiger partial charge in [-0.05, 0) is 63.7 Å². The zero-order chi connectivity index (χ0) is 18.6. The molecule has 0 atom stereocenters. The first-order valence-corrected chi connectivity index (χ1v) is 11.1. The minimum absolute atomic E-state index is 0. The summed E-state index contributed by atoms with van der Waals surface area (Å²) < 4.78 is 1.24. The smallest absolute Gasteiger partial charge is 0.225 e. The maximum Gasteiger partial charge on any atom is 0.225 e. The lowest BCUT2D eigenvalue weighted by Crippen LogP contribution is -2.45. The number of fused-ring (bicyclic) bond motifs is 1. The summed E-state index contributed by atoms with van der Waals surface area (Å²) in [5.74, 6) is 1.37. The van der Waals surface area contributed by atoms with Crippen LogP contribution < -0.4 is 10.2 Å². The lowest BCUT2D eigenvalue weighted by Gasteiger charge is -2.37. The zero-order valence-corrected chi connectivity index (χ0v) is 19.5. The van der Waals surface area contributed by atoms with Crippen molar-refractivity contribution in [2.45, 2.75) is 32.1 Å². The molecule has 1 N–H and O–H groups in total. The molecule has 1 amide bonds. The molecular formula is C21H32Cl2N4OS. The van der Waals surface area contributed by atoms with Crippen LogP contribution in [0.2, 0.25) is 0 Å². The SMILES string of the molecule is CNCCC1CCN(C(=O)C2CCN(c3nc4ccccc4s3)CC2)CC1.Cl.Cl. The van der Waals surface area contributed by atoms with E-state index in [4.69, 9.17) is 4.98 Å². The first-order valence-electron chi connectivity index (χ1n) is 10.3. The van der Waals surface area contributed by atoms with Crippen LogP contribution in [-0.2, 0) is 4.79 Å². The number of hydrogen-bond donors (Lipinski definition) is 1. The molecule has 8 heteroatoms. The van der Waals surface area contributed by atoms with E-state index in [1.807, 2.05) is 13.1 Å². The highest BCUT2D eigenvalue weighted by Crippen LogP contribution is 2.32. The normalized spacial score (nSPS) is 18.4. The summed E-state index contributed by atoms with van der Waals surface area (Å²) in [6, 6.07) is 8.31. The van der Waals surface area contributed by atoms with Gasteiger partial charge in [0.2, 0.25) is 5.91 Å². The number of nitrogens with one attached hydrogen (secondary N) is 1. The minimum Gasteiger partial charge on any atom is -0.348 e. The van der Waals surface area contributed by atoms with E-state index in [1.54, 1.807) is 11.3 Å². The zero-order valence-electron chi connectivity index (χ0n) is 17.0. The van der Waals surface area contributed by atoms with Gasteiger partial charge < -0.3 is 15.1 Å². The number of nitrogens with zero attached hydrogens (tertiary/aromatic N) is 3. The second-order valence-corrected chi connectivity index (χ2v) is 8.90. The van der Waals surface area contributed by atoms with Gasteiger partial charge in [-0.1, -0.05) is 23.5 Å². The van der Waals surface area contributed by atoms with Gasteiger partial charge in [0.15, 0.2) is 5.13 Å².